The van der Waals surface area contributed by atoms with Gasteiger partial charge in [0.05, 0.1) is 16.4 Å². The lowest BCUT2D eigenvalue weighted by Crippen LogP contribution is -2.01. The zero-order valence-corrected chi connectivity index (χ0v) is 11.0. The third-order valence-electron chi connectivity index (χ3n) is 2.41. The summed E-state index contributed by atoms with van der Waals surface area (Å²) in [6.07, 6.45) is 0. The van der Waals surface area contributed by atoms with E-state index in [0.717, 1.165) is 27.9 Å². The highest BCUT2D eigenvalue weighted by molar-refractivity contribution is 9.10. The van der Waals surface area contributed by atoms with Gasteiger partial charge < -0.3 is 4.57 Å². The summed E-state index contributed by atoms with van der Waals surface area (Å²) in [5.41, 5.74) is 2.14. The average molecular weight is 288 g/mol. The maximum atomic E-state index is 6.10. The van der Waals surface area contributed by atoms with Crippen molar-refractivity contribution in [2.75, 3.05) is 0 Å². The topological polar surface area (TPSA) is 17.8 Å². The molecule has 80 valence electrons. The van der Waals surface area contributed by atoms with E-state index in [-0.39, 0.29) is 5.38 Å². The molecule has 0 bridgehead atoms. The van der Waals surface area contributed by atoms with Crippen LogP contribution in [-0.4, -0.2) is 9.55 Å². The molecule has 1 unspecified atom stereocenters. The minimum Gasteiger partial charge on any atom is -0.327 e. The second kappa shape index (κ2) is 4.14. The molecule has 0 amide bonds. The largest absolute Gasteiger partial charge is 0.327 e. The van der Waals surface area contributed by atoms with Crippen LogP contribution >= 0.6 is 27.5 Å². The first-order valence-electron chi connectivity index (χ1n) is 4.93. The summed E-state index contributed by atoms with van der Waals surface area (Å²) < 4.78 is 3.20. The molecule has 1 aromatic heterocycles. The van der Waals surface area contributed by atoms with Crippen LogP contribution in [0, 0.1) is 0 Å². The highest BCUT2D eigenvalue weighted by Gasteiger charge is 2.13. The minimum atomic E-state index is -0.0591. The van der Waals surface area contributed by atoms with E-state index in [4.69, 9.17) is 11.6 Å². The molecule has 0 aliphatic rings. The Bertz CT molecular complexity index is 491. The molecule has 0 aliphatic heterocycles. The predicted octanol–water partition coefficient (Wildman–Crippen LogP) is 4.12. The first kappa shape index (κ1) is 11.0. The molecule has 0 fully saturated rings. The van der Waals surface area contributed by atoms with Crippen molar-refractivity contribution in [2.24, 2.45) is 0 Å². The number of hydrogen-bond acceptors (Lipinski definition) is 1. The third kappa shape index (κ3) is 1.91. The Morgan fingerprint density at radius 1 is 1.53 bits per heavy atom. The molecule has 0 saturated heterocycles. The molecule has 4 heteroatoms. The summed E-state index contributed by atoms with van der Waals surface area (Å²) >= 11 is 9.55. The maximum Gasteiger partial charge on any atom is 0.127 e. The monoisotopic (exact) mass is 286 g/mol. The van der Waals surface area contributed by atoms with Crippen LogP contribution in [0.3, 0.4) is 0 Å². The standard InChI is InChI=1S/C11H12BrClN2/c1-3-15-10-5-4-8(12)6-9(10)14-11(15)7(2)13/h4-7H,3H2,1-2H3. The summed E-state index contributed by atoms with van der Waals surface area (Å²) in [4.78, 5) is 4.54. The summed E-state index contributed by atoms with van der Waals surface area (Å²) in [7, 11) is 0. The van der Waals surface area contributed by atoms with Crippen molar-refractivity contribution >= 4 is 38.6 Å². The molecule has 0 spiro atoms. The van der Waals surface area contributed by atoms with Gasteiger partial charge in [0.2, 0.25) is 0 Å². The zero-order chi connectivity index (χ0) is 11.0. The van der Waals surface area contributed by atoms with Crippen molar-refractivity contribution in [1.82, 2.24) is 9.55 Å². The Kier molecular flexibility index (Phi) is 3.03. The minimum absolute atomic E-state index is 0.0591. The molecule has 0 saturated carbocycles. The van der Waals surface area contributed by atoms with E-state index in [1.807, 2.05) is 19.1 Å². The van der Waals surface area contributed by atoms with Crippen molar-refractivity contribution < 1.29 is 0 Å². The molecule has 1 atom stereocenters. The van der Waals surface area contributed by atoms with E-state index in [1.54, 1.807) is 0 Å². The van der Waals surface area contributed by atoms with Crippen molar-refractivity contribution in [3.63, 3.8) is 0 Å². The van der Waals surface area contributed by atoms with E-state index < -0.39 is 0 Å². The van der Waals surface area contributed by atoms with E-state index in [1.165, 1.54) is 0 Å². The molecular formula is C11H12BrClN2. The number of alkyl halides is 1. The molecule has 0 N–H and O–H groups in total. The van der Waals surface area contributed by atoms with Gasteiger partial charge in [-0.25, -0.2) is 4.98 Å². The number of nitrogens with zero attached hydrogens (tertiary/aromatic N) is 2. The van der Waals surface area contributed by atoms with Gasteiger partial charge in [-0.1, -0.05) is 15.9 Å². The Hall–Kier alpha value is -0.540. The van der Waals surface area contributed by atoms with Crippen molar-refractivity contribution in [2.45, 2.75) is 25.8 Å². The van der Waals surface area contributed by atoms with Crippen LogP contribution in [0.1, 0.15) is 25.0 Å². The molecule has 2 nitrogen and oxygen atoms in total. The van der Waals surface area contributed by atoms with Crippen LogP contribution in [0.25, 0.3) is 11.0 Å². The number of aryl methyl sites for hydroxylation is 1. The Morgan fingerprint density at radius 2 is 2.27 bits per heavy atom. The second-order valence-corrected chi connectivity index (χ2v) is 5.03. The number of hydrogen-bond donors (Lipinski definition) is 0. The van der Waals surface area contributed by atoms with Crippen LogP contribution in [-0.2, 0) is 6.54 Å². The van der Waals surface area contributed by atoms with E-state index in [9.17, 15) is 0 Å². The maximum absolute atomic E-state index is 6.10. The molecule has 2 rings (SSSR count). The molecule has 1 heterocycles. The van der Waals surface area contributed by atoms with Crippen LogP contribution in [0.2, 0.25) is 0 Å². The van der Waals surface area contributed by atoms with E-state index in [2.05, 4.69) is 38.5 Å². The highest BCUT2D eigenvalue weighted by Crippen LogP contribution is 2.26. The predicted molar refractivity (Wildman–Crippen MR) is 67.4 cm³/mol. The van der Waals surface area contributed by atoms with Gasteiger partial charge in [-0.3, -0.25) is 0 Å². The van der Waals surface area contributed by atoms with Crippen LogP contribution in [0.15, 0.2) is 22.7 Å². The van der Waals surface area contributed by atoms with Gasteiger partial charge in [-0.15, -0.1) is 11.6 Å². The lowest BCUT2D eigenvalue weighted by atomic mass is 10.3. The highest BCUT2D eigenvalue weighted by atomic mass is 79.9. The lowest BCUT2D eigenvalue weighted by Gasteiger charge is -2.06. The first-order valence-corrected chi connectivity index (χ1v) is 6.16. The van der Waals surface area contributed by atoms with Gasteiger partial charge in [0.1, 0.15) is 5.82 Å². The zero-order valence-electron chi connectivity index (χ0n) is 8.67. The van der Waals surface area contributed by atoms with Crippen LogP contribution < -0.4 is 0 Å². The Balaban J connectivity index is 2.73. The van der Waals surface area contributed by atoms with Crippen molar-refractivity contribution in [3.8, 4) is 0 Å². The summed E-state index contributed by atoms with van der Waals surface area (Å²) in [6, 6.07) is 6.11. The molecule has 15 heavy (non-hydrogen) atoms. The van der Waals surface area contributed by atoms with Gasteiger partial charge in [0, 0.05) is 11.0 Å². The molecule has 2 aromatic rings. The fourth-order valence-corrected chi connectivity index (χ4v) is 2.27. The lowest BCUT2D eigenvalue weighted by molar-refractivity contribution is 0.717. The number of halogens is 2. The van der Waals surface area contributed by atoms with Gasteiger partial charge in [-0.2, -0.15) is 0 Å². The van der Waals surface area contributed by atoms with Gasteiger partial charge in [0.15, 0.2) is 0 Å². The number of fused-ring (bicyclic) bond motifs is 1. The van der Waals surface area contributed by atoms with Crippen LogP contribution in [0.5, 0.6) is 0 Å². The molecule has 0 radical (unpaired) electrons. The second-order valence-electron chi connectivity index (χ2n) is 3.46. The summed E-state index contributed by atoms with van der Waals surface area (Å²) in [5.74, 6) is 0.937. The fraction of sp³-hybridized carbons (Fsp3) is 0.364. The number of imidazole rings is 1. The summed E-state index contributed by atoms with van der Waals surface area (Å²) in [5, 5.41) is -0.0591. The molecule has 0 aliphatic carbocycles. The van der Waals surface area contributed by atoms with Crippen molar-refractivity contribution in [3.05, 3.63) is 28.5 Å². The van der Waals surface area contributed by atoms with Gasteiger partial charge in [-0.05, 0) is 32.0 Å². The fourth-order valence-electron chi connectivity index (χ4n) is 1.76. The summed E-state index contributed by atoms with van der Waals surface area (Å²) in [6.45, 7) is 4.94. The van der Waals surface area contributed by atoms with Crippen molar-refractivity contribution in [1.29, 1.82) is 0 Å². The van der Waals surface area contributed by atoms with Crippen LogP contribution in [0.4, 0.5) is 0 Å². The first-order chi connectivity index (χ1) is 7.13. The van der Waals surface area contributed by atoms with Gasteiger partial charge in [0.25, 0.3) is 0 Å². The molecule has 1 aromatic carbocycles. The normalized spacial score (nSPS) is 13.3. The van der Waals surface area contributed by atoms with E-state index in [0.29, 0.717) is 0 Å². The Labute approximate surface area is 102 Å². The smallest absolute Gasteiger partial charge is 0.127 e. The number of benzene rings is 1. The SMILES string of the molecule is CCn1c(C(C)Cl)nc2cc(Br)ccc21. The number of aromatic nitrogens is 2. The third-order valence-corrected chi connectivity index (χ3v) is 3.10. The van der Waals surface area contributed by atoms with Gasteiger partial charge >= 0.3 is 0 Å². The van der Waals surface area contributed by atoms with E-state index >= 15 is 0 Å². The number of rotatable bonds is 2. The Morgan fingerprint density at radius 3 is 2.87 bits per heavy atom. The quantitative estimate of drug-likeness (QED) is 0.760. The molecular weight excluding hydrogens is 275 g/mol. The average Bonchev–Trinajstić information content (AvgIpc) is 2.55.